The van der Waals surface area contributed by atoms with Gasteiger partial charge in [0, 0.05) is 38.5 Å². The maximum atomic E-state index is 13.1. The van der Waals surface area contributed by atoms with E-state index < -0.39 is 17.7 Å². The number of carbonyl (C=O) groups excluding carboxylic acids is 2. The molecule has 2 aliphatic heterocycles. The third kappa shape index (κ3) is 4.08. The second-order valence-corrected chi connectivity index (χ2v) is 8.30. The molecule has 1 amide bonds. The second kappa shape index (κ2) is 9.04. The van der Waals surface area contributed by atoms with Gasteiger partial charge in [-0.25, -0.2) is 0 Å². The Labute approximate surface area is 187 Å². The van der Waals surface area contributed by atoms with Crippen molar-refractivity contribution in [1.82, 2.24) is 4.90 Å². The van der Waals surface area contributed by atoms with Crippen molar-refractivity contribution in [2.24, 2.45) is 0 Å². The molecular formula is C25H28N2O5. The molecular weight excluding hydrogens is 408 g/mol. The molecule has 2 aromatic rings. The van der Waals surface area contributed by atoms with E-state index >= 15 is 0 Å². The molecule has 2 saturated heterocycles. The number of carbonyl (C=O) groups is 2. The van der Waals surface area contributed by atoms with E-state index in [2.05, 4.69) is 0 Å². The van der Waals surface area contributed by atoms with Gasteiger partial charge in [0.05, 0.1) is 24.8 Å². The first-order chi connectivity index (χ1) is 15.4. The minimum Gasteiger partial charge on any atom is -0.507 e. The van der Waals surface area contributed by atoms with Gasteiger partial charge >= 0.3 is 0 Å². The second-order valence-electron chi connectivity index (χ2n) is 8.30. The van der Waals surface area contributed by atoms with Gasteiger partial charge in [0.25, 0.3) is 11.7 Å². The molecule has 0 radical (unpaired) electrons. The summed E-state index contributed by atoms with van der Waals surface area (Å²) in [6, 6.07) is 13.8. The number of methoxy groups -OCH3 is 1. The predicted octanol–water partition coefficient (Wildman–Crippen LogP) is 3.36. The maximum absolute atomic E-state index is 13.1. The SMILES string of the molecule is COc1ccc(C(O)=C2C(=O)C(=O)N(C[C@H]3CCCO3)[C@@H]2c2ccc(N(C)C)cc2)cc1. The van der Waals surface area contributed by atoms with Crippen LogP contribution in [0.4, 0.5) is 5.69 Å². The van der Waals surface area contributed by atoms with Crippen LogP contribution in [0.5, 0.6) is 5.75 Å². The molecule has 7 nitrogen and oxygen atoms in total. The number of hydrogen-bond acceptors (Lipinski definition) is 6. The largest absolute Gasteiger partial charge is 0.507 e. The highest BCUT2D eigenvalue weighted by Gasteiger charge is 2.47. The number of rotatable bonds is 6. The van der Waals surface area contributed by atoms with Gasteiger partial charge in [0.2, 0.25) is 0 Å². The summed E-state index contributed by atoms with van der Waals surface area (Å²) in [7, 11) is 5.45. The fourth-order valence-corrected chi connectivity index (χ4v) is 4.28. The molecule has 0 aromatic heterocycles. The first kappa shape index (κ1) is 21.9. The Morgan fingerprint density at radius 1 is 1.12 bits per heavy atom. The Morgan fingerprint density at radius 2 is 1.81 bits per heavy atom. The average Bonchev–Trinajstić information content (AvgIpc) is 3.41. The van der Waals surface area contributed by atoms with Crippen LogP contribution in [0.25, 0.3) is 5.76 Å². The van der Waals surface area contributed by atoms with Crippen LogP contribution in [0.3, 0.4) is 0 Å². The Kier molecular flexibility index (Phi) is 6.19. The van der Waals surface area contributed by atoms with Crippen LogP contribution >= 0.6 is 0 Å². The molecule has 0 spiro atoms. The van der Waals surface area contributed by atoms with Gasteiger partial charge in [-0.1, -0.05) is 12.1 Å². The van der Waals surface area contributed by atoms with E-state index in [9.17, 15) is 14.7 Å². The molecule has 2 aromatic carbocycles. The first-order valence-electron chi connectivity index (χ1n) is 10.7. The van der Waals surface area contributed by atoms with Crippen LogP contribution in [-0.2, 0) is 14.3 Å². The van der Waals surface area contributed by atoms with E-state index in [1.165, 1.54) is 4.90 Å². The number of nitrogens with zero attached hydrogens (tertiary/aromatic N) is 2. The molecule has 2 atom stereocenters. The topological polar surface area (TPSA) is 79.3 Å². The van der Waals surface area contributed by atoms with Crippen molar-refractivity contribution in [1.29, 1.82) is 0 Å². The van der Waals surface area contributed by atoms with Crippen molar-refractivity contribution >= 4 is 23.1 Å². The quantitative estimate of drug-likeness (QED) is 0.425. The standard InChI is InChI=1S/C25H28N2O5/c1-26(2)18-10-6-16(7-11-18)22-21(23(28)17-8-12-19(31-3)13-9-17)24(29)25(30)27(22)15-20-5-4-14-32-20/h6-13,20,22,28H,4-5,14-15H2,1-3H3/t20-,22-/m1/s1. The summed E-state index contributed by atoms with van der Waals surface area (Å²) < 4.78 is 10.9. The Balaban J connectivity index is 1.79. The van der Waals surface area contributed by atoms with E-state index in [4.69, 9.17) is 9.47 Å². The van der Waals surface area contributed by atoms with Gasteiger partial charge in [-0.15, -0.1) is 0 Å². The van der Waals surface area contributed by atoms with Gasteiger partial charge in [-0.05, 0) is 54.8 Å². The molecule has 4 rings (SSSR count). The Morgan fingerprint density at radius 3 is 2.38 bits per heavy atom. The average molecular weight is 437 g/mol. The molecule has 7 heteroatoms. The van der Waals surface area contributed by atoms with Crippen molar-refractivity contribution in [3.8, 4) is 5.75 Å². The third-order valence-corrected chi connectivity index (χ3v) is 6.05. The minimum atomic E-state index is -0.683. The number of ether oxygens (including phenoxy) is 2. The predicted molar refractivity (Wildman–Crippen MR) is 122 cm³/mol. The zero-order valence-corrected chi connectivity index (χ0v) is 18.6. The zero-order chi connectivity index (χ0) is 22.8. The van der Waals surface area contributed by atoms with E-state index in [0.29, 0.717) is 24.5 Å². The van der Waals surface area contributed by atoms with E-state index in [-0.39, 0.29) is 17.4 Å². The van der Waals surface area contributed by atoms with Crippen LogP contribution in [-0.4, -0.2) is 62.2 Å². The van der Waals surface area contributed by atoms with Crippen LogP contribution in [0.2, 0.25) is 0 Å². The van der Waals surface area contributed by atoms with Crippen LogP contribution in [0.15, 0.2) is 54.1 Å². The number of likely N-dealkylation sites (tertiary alicyclic amines) is 1. The van der Waals surface area contributed by atoms with E-state index in [0.717, 1.165) is 24.1 Å². The minimum absolute atomic E-state index is 0.0933. The highest BCUT2D eigenvalue weighted by molar-refractivity contribution is 6.46. The number of anilines is 1. The molecule has 1 N–H and O–H groups in total. The lowest BCUT2D eigenvalue weighted by Gasteiger charge is -2.28. The summed E-state index contributed by atoms with van der Waals surface area (Å²) >= 11 is 0. The number of hydrogen-bond donors (Lipinski definition) is 1. The summed E-state index contributed by atoms with van der Waals surface area (Å²) in [4.78, 5) is 29.7. The van der Waals surface area contributed by atoms with Crippen molar-refractivity contribution in [3.05, 3.63) is 65.2 Å². The van der Waals surface area contributed by atoms with Crippen LogP contribution in [0.1, 0.15) is 30.0 Å². The van der Waals surface area contributed by atoms with Crippen LogP contribution < -0.4 is 9.64 Å². The molecule has 0 saturated carbocycles. The molecule has 0 aliphatic carbocycles. The smallest absolute Gasteiger partial charge is 0.295 e. The van der Waals surface area contributed by atoms with Gasteiger partial charge < -0.3 is 24.4 Å². The number of aliphatic hydroxyl groups is 1. The fraction of sp³-hybridized carbons (Fsp3) is 0.360. The number of Topliss-reactive ketones (excluding diaryl/α,β-unsaturated/α-hetero) is 1. The monoisotopic (exact) mass is 436 g/mol. The third-order valence-electron chi connectivity index (χ3n) is 6.05. The number of amides is 1. The first-order valence-corrected chi connectivity index (χ1v) is 10.7. The molecule has 2 aliphatic rings. The van der Waals surface area contributed by atoms with Crippen LogP contribution in [0, 0.1) is 0 Å². The lowest BCUT2D eigenvalue weighted by atomic mass is 9.95. The Bertz CT molecular complexity index is 1020. The summed E-state index contributed by atoms with van der Waals surface area (Å²) in [5, 5.41) is 11.1. The number of ketones is 1. The van der Waals surface area contributed by atoms with Crippen molar-refractivity contribution in [2.45, 2.75) is 25.0 Å². The van der Waals surface area contributed by atoms with E-state index in [1.807, 2.05) is 43.3 Å². The molecule has 168 valence electrons. The molecule has 0 bridgehead atoms. The van der Waals surface area contributed by atoms with Crippen molar-refractivity contribution in [2.75, 3.05) is 39.3 Å². The number of aliphatic hydroxyl groups excluding tert-OH is 1. The number of benzene rings is 2. The fourth-order valence-electron chi connectivity index (χ4n) is 4.28. The molecule has 2 fully saturated rings. The summed E-state index contributed by atoms with van der Waals surface area (Å²) in [5.41, 5.74) is 2.31. The summed E-state index contributed by atoms with van der Waals surface area (Å²) in [5.74, 6) is -0.853. The van der Waals surface area contributed by atoms with Gasteiger partial charge in [0.15, 0.2) is 0 Å². The van der Waals surface area contributed by atoms with Gasteiger partial charge in [-0.3, -0.25) is 9.59 Å². The van der Waals surface area contributed by atoms with E-state index in [1.54, 1.807) is 31.4 Å². The summed E-state index contributed by atoms with van der Waals surface area (Å²) in [6.07, 6.45) is 1.66. The van der Waals surface area contributed by atoms with Gasteiger partial charge in [-0.2, -0.15) is 0 Å². The van der Waals surface area contributed by atoms with Crippen molar-refractivity contribution in [3.63, 3.8) is 0 Å². The normalized spacial score (nSPS) is 22.4. The maximum Gasteiger partial charge on any atom is 0.295 e. The lowest BCUT2D eigenvalue weighted by Crippen LogP contribution is -2.36. The highest BCUT2D eigenvalue weighted by atomic mass is 16.5. The zero-order valence-electron chi connectivity index (χ0n) is 18.6. The highest BCUT2D eigenvalue weighted by Crippen LogP contribution is 2.40. The molecule has 0 unspecified atom stereocenters. The van der Waals surface area contributed by atoms with Gasteiger partial charge in [0.1, 0.15) is 11.5 Å². The molecule has 2 heterocycles. The Hall–Kier alpha value is -3.32. The summed E-state index contributed by atoms with van der Waals surface area (Å²) in [6.45, 7) is 0.965. The van der Waals surface area contributed by atoms with Crippen molar-refractivity contribution < 1.29 is 24.2 Å². The lowest BCUT2D eigenvalue weighted by molar-refractivity contribution is -0.140. The molecule has 32 heavy (non-hydrogen) atoms.